The zero-order valence-corrected chi connectivity index (χ0v) is 16.6. The van der Waals surface area contributed by atoms with Crippen LogP contribution < -0.4 is 5.32 Å². The molecule has 0 bridgehead atoms. The lowest BCUT2D eigenvalue weighted by atomic mass is 10.1. The Balaban J connectivity index is 1.89. The molecule has 2 N–H and O–H groups in total. The molecular weight excluding hydrogens is 383 g/mol. The third-order valence-corrected chi connectivity index (χ3v) is 4.96. The van der Waals surface area contributed by atoms with E-state index in [2.05, 4.69) is 15.5 Å². The monoisotopic (exact) mass is 404 g/mol. The van der Waals surface area contributed by atoms with E-state index in [1.165, 1.54) is 0 Å². The van der Waals surface area contributed by atoms with Gasteiger partial charge in [0.2, 0.25) is 0 Å². The lowest BCUT2D eigenvalue weighted by molar-refractivity contribution is 0.238. The number of benzene rings is 2. The number of nitrogens with one attached hydrogen (secondary N) is 1. The van der Waals surface area contributed by atoms with Gasteiger partial charge in [0.25, 0.3) is 0 Å². The van der Waals surface area contributed by atoms with Crippen LogP contribution in [0.2, 0.25) is 10.0 Å². The fourth-order valence-electron chi connectivity index (χ4n) is 2.77. The summed E-state index contributed by atoms with van der Waals surface area (Å²) < 4.78 is 0. The van der Waals surface area contributed by atoms with Crippen LogP contribution in [-0.4, -0.2) is 32.7 Å². The maximum Gasteiger partial charge on any atom is 0.117 e. The second kappa shape index (κ2) is 9.33. The van der Waals surface area contributed by atoms with Crippen LogP contribution in [-0.2, 0) is 13.1 Å². The van der Waals surface area contributed by atoms with Crippen LogP contribution in [0.5, 0.6) is 0 Å². The maximum absolute atomic E-state index is 9.41. The third-order valence-electron chi connectivity index (χ3n) is 4.37. The van der Waals surface area contributed by atoms with Crippen LogP contribution in [0, 0.1) is 0 Å². The topological polar surface area (TPSA) is 63.0 Å². The van der Waals surface area contributed by atoms with E-state index >= 15 is 0 Å². The molecule has 1 aromatic heterocycles. The summed E-state index contributed by atoms with van der Waals surface area (Å²) >= 11 is 12.3. The summed E-state index contributed by atoms with van der Waals surface area (Å²) in [6.07, 6.45) is 0.839. The Hall–Kier alpha value is -1.92. The fraction of sp³-hybridized carbons (Fsp3) is 0.300. The van der Waals surface area contributed by atoms with E-state index in [0.29, 0.717) is 23.1 Å². The van der Waals surface area contributed by atoms with Crippen molar-refractivity contribution in [3.63, 3.8) is 0 Å². The van der Waals surface area contributed by atoms with Crippen LogP contribution in [0.25, 0.3) is 11.3 Å². The summed E-state index contributed by atoms with van der Waals surface area (Å²) in [6, 6.07) is 15.4. The molecule has 7 heteroatoms. The van der Waals surface area contributed by atoms with E-state index in [9.17, 15) is 5.11 Å². The standard InChI is InChI=1S/C20H22Cl2N4O/c1-2-17(13-27)23-11-19-20(14-6-4-3-5-7-14)25-26(24-19)12-15-8-9-16(21)10-18(15)22/h3-10,17,23,27H,2,11-13H2,1H3/t17-/m1/s1. The summed E-state index contributed by atoms with van der Waals surface area (Å²) in [5.74, 6) is 0. The molecule has 0 saturated heterocycles. The van der Waals surface area contributed by atoms with Crippen molar-refractivity contribution in [2.75, 3.05) is 6.61 Å². The van der Waals surface area contributed by atoms with Gasteiger partial charge in [0.1, 0.15) is 11.4 Å². The first-order chi connectivity index (χ1) is 13.1. The molecule has 0 aliphatic heterocycles. The molecule has 1 atom stereocenters. The van der Waals surface area contributed by atoms with Gasteiger partial charge in [-0.3, -0.25) is 0 Å². The summed E-state index contributed by atoms with van der Waals surface area (Å²) in [7, 11) is 0. The molecule has 0 aliphatic carbocycles. The fourth-order valence-corrected chi connectivity index (χ4v) is 3.24. The summed E-state index contributed by atoms with van der Waals surface area (Å²) in [5, 5.41) is 23.3. The number of halogens is 2. The van der Waals surface area contributed by atoms with E-state index in [1.807, 2.05) is 43.3 Å². The van der Waals surface area contributed by atoms with Crippen LogP contribution in [0.3, 0.4) is 0 Å². The Kier molecular flexibility index (Phi) is 6.85. The van der Waals surface area contributed by atoms with E-state index in [1.54, 1.807) is 16.9 Å². The minimum atomic E-state index is 0.0319. The third kappa shape index (κ3) is 5.08. The highest BCUT2D eigenvalue weighted by atomic mass is 35.5. The normalized spacial score (nSPS) is 12.3. The molecule has 5 nitrogen and oxygen atoms in total. The lowest BCUT2D eigenvalue weighted by Crippen LogP contribution is -2.31. The van der Waals surface area contributed by atoms with Crippen molar-refractivity contribution in [3.8, 4) is 11.3 Å². The summed E-state index contributed by atoms with van der Waals surface area (Å²) in [6.45, 7) is 3.10. The molecule has 0 fully saturated rings. The molecule has 0 unspecified atom stereocenters. The number of aliphatic hydroxyl groups excluding tert-OH is 1. The molecule has 142 valence electrons. The zero-order chi connectivity index (χ0) is 19.2. The van der Waals surface area contributed by atoms with Crippen LogP contribution in [0.4, 0.5) is 0 Å². The first-order valence-electron chi connectivity index (χ1n) is 8.88. The summed E-state index contributed by atoms with van der Waals surface area (Å²) in [5.41, 5.74) is 3.55. The predicted octanol–water partition coefficient (Wildman–Crippen LogP) is 4.16. The van der Waals surface area contributed by atoms with Gasteiger partial charge in [-0.15, -0.1) is 0 Å². The minimum Gasteiger partial charge on any atom is -0.395 e. The molecule has 3 aromatic rings. The maximum atomic E-state index is 9.41. The van der Waals surface area contributed by atoms with Crippen molar-refractivity contribution in [3.05, 3.63) is 69.8 Å². The summed E-state index contributed by atoms with van der Waals surface area (Å²) in [4.78, 5) is 1.65. The largest absolute Gasteiger partial charge is 0.395 e. The average Bonchev–Trinajstić information content (AvgIpc) is 3.08. The van der Waals surface area contributed by atoms with Crippen LogP contribution >= 0.6 is 23.2 Å². The molecule has 3 rings (SSSR count). The second-order valence-corrected chi connectivity index (χ2v) is 7.14. The van der Waals surface area contributed by atoms with Crippen LogP contribution in [0.15, 0.2) is 48.5 Å². The van der Waals surface area contributed by atoms with Crippen LogP contribution in [0.1, 0.15) is 24.6 Å². The van der Waals surface area contributed by atoms with Crippen molar-refractivity contribution in [2.24, 2.45) is 0 Å². The van der Waals surface area contributed by atoms with E-state index in [-0.39, 0.29) is 12.6 Å². The zero-order valence-electron chi connectivity index (χ0n) is 15.1. The van der Waals surface area contributed by atoms with Gasteiger partial charge in [0.05, 0.1) is 13.2 Å². The SMILES string of the molecule is CC[C@H](CO)NCc1nn(Cc2ccc(Cl)cc2Cl)nc1-c1ccccc1. The average molecular weight is 405 g/mol. The van der Waals surface area contributed by atoms with Gasteiger partial charge in [-0.1, -0.05) is 66.5 Å². The Bertz CT molecular complexity index is 879. The molecule has 0 spiro atoms. The first kappa shape index (κ1) is 19.8. The quantitative estimate of drug-likeness (QED) is 0.591. The van der Waals surface area contributed by atoms with E-state index < -0.39 is 0 Å². The van der Waals surface area contributed by atoms with Gasteiger partial charge < -0.3 is 10.4 Å². The Morgan fingerprint density at radius 2 is 1.89 bits per heavy atom. The van der Waals surface area contributed by atoms with Crippen molar-refractivity contribution < 1.29 is 5.11 Å². The molecule has 2 aromatic carbocycles. The van der Waals surface area contributed by atoms with Crippen molar-refractivity contribution in [1.29, 1.82) is 0 Å². The van der Waals surface area contributed by atoms with Gasteiger partial charge >= 0.3 is 0 Å². The highest BCUT2D eigenvalue weighted by molar-refractivity contribution is 6.35. The Morgan fingerprint density at radius 3 is 2.56 bits per heavy atom. The molecule has 1 heterocycles. The van der Waals surface area contributed by atoms with Gasteiger partial charge in [-0.05, 0) is 24.1 Å². The number of hydrogen-bond acceptors (Lipinski definition) is 4. The number of nitrogens with zero attached hydrogens (tertiary/aromatic N) is 3. The van der Waals surface area contributed by atoms with Gasteiger partial charge in [-0.25, -0.2) is 0 Å². The first-order valence-corrected chi connectivity index (χ1v) is 9.64. The number of hydrogen-bond donors (Lipinski definition) is 2. The molecule has 0 saturated carbocycles. The molecule has 0 radical (unpaired) electrons. The van der Waals surface area contributed by atoms with Gasteiger partial charge in [-0.2, -0.15) is 15.0 Å². The van der Waals surface area contributed by atoms with Crippen molar-refractivity contribution in [1.82, 2.24) is 20.3 Å². The number of aromatic nitrogens is 3. The highest BCUT2D eigenvalue weighted by Gasteiger charge is 2.15. The Labute approximate surface area is 168 Å². The van der Waals surface area contributed by atoms with Gasteiger partial charge in [0, 0.05) is 28.2 Å². The van der Waals surface area contributed by atoms with E-state index in [0.717, 1.165) is 28.9 Å². The van der Waals surface area contributed by atoms with Gasteiger partial charge in [0.15, 0.2) is 0 Å². The molecule has 0 aliphatic rings. The smallest absolute Gasteiger partial charge is 0.117 e. The highest BCUT2D eigenvalue weighted by Crippen LogP contribution is 2.23. The lowest BCUT2D eigenvalue weighted by Gasteiger charge is -2.12. The second-order valence-electron chi connectivity index (χ2n) is 6.30. The molecular formula is C20H22Cl2N4O. The minimum absolute atomic E-state index is 0.0319. The van der Waals surface area contributed by atoms with Crippen molar-refractivity contribution >= 4 is 23.2 Å². The molecule has 27 heavy (non-hydrogen) atoms. The predicted molar refractivity (Wildman–Crippen MR) is 109 cm³/mol. The van der Waals surface area contributed by atoms with E-state index in [4.69, 9.17) is 23.2 Å². The number of rotatable bonds is 8. The number of aliphatic hydroxyl groups is 1. The Morgan fingerprint density at radius 1 is 1.11 bits per heavy atom. The van der Waals surface area contributed by atoms with Crippen molar-refractivity contribution in [2.45, 2.75) is 32.5 Å². The molecule has 0 amide bonds.